The lowest BCUT2D eigenvalue weighted by atomic mass is 10.0. The third-order valence-corrected chi connectivity index (χ3v) is 5.52. The molecule has 1 aliphatic rings. The second-order valence-electron chi connectivity index (χ2n) is 8.33. The summed E-state index contributed by atoms with van der Waals surface area (Å²) in [5, 5.41) is 10.3. The first-order valence-corrected chi connectivity index (χ1v) is 11.1. The molecule has 0 radical (unpaired) electrons. The number of hydrogen-bond acceptors (Lipinski definition) is 5. The van der Waals surface area contributed by atoms with Crippen LogP contribution in [-0.4, -0.2) is 73.6 Å². The molecule has 1 heterocycles. The summed E-state index contributed by atoms with van der Waals surface area (Å²) in [6.07, 6.45) is -0.464. The van der Waals surface area contributed by atoms with Gasteiger partial charge in [0.15, 0.2) is 0 Å². The molecule has 0 unspecified atom stereocenters. The molecule has 30 heavy (non-hydrogen) atoms. The van der Waals surface area contributed by atoms with Gasteiger partial charge in [0.25, 0.3) is 0 Å². The highest BCUT2D eigenvalue weighted by Crippen LogP contribution is 2.25. The van der Waals surface area contributed by atoms with Crippen molar-refractivity contribution in [3.05, 3.63) is 65.7 Å². The van der Waals surface area contributed by atoms with Crippen LogP contribution in [0.2, 0.25) is 0 Å². The van der Waals surface area contributed by atoms with Gasteiger partial charge in [0.1, 0.15) is 12.4 Å². The van der Waals surface area contributed by atoms with Gasteiger partial charge in [-0.2, -0.15) is 0 Å². The lowest BCUT2D eigenvalue weighted by Crippen LogP contribution is -2.48. The molecule has 5 heteroatoms. The van der Waals surface area contributed by atoms with E-state index >= 15 is 0 Å². The maximum atomic E-state index is 10.3. The van der Waals surface area contributed by atoms with Crippen LogP contribution in [0.1, 0.15) is 30.9 Å². The first-order chi connectivity index (χ1) is 14.6. The molecule has 164 valence electrons. The summed E-state index contributed by atoms with van der Waals surface area (Å²) in [5.41, 5.74) is 2.57. The van der Waals surface area contributed by atoms with E-state index < -0.39 is 6.10 Å². The molecule has 1 aliphatic heterocycles. The van der Waals surface area contributed by atoms with Crippen LogP contribution in [0.3, 0.4) is 0 Å². The van der Waals surface area contributed by atoms with Crippen molar-refractivity contribution in [2.75, 3.05) is 52.5 Å². The number of aliphatic hydroxyl groups excluding tert-OH is 1. The molecule has 1 atom stereocenters. The molecule has 0 spiro atoms. The largest absolute Gasteiger partial charge is 0.491 e. The zero-order valence-corrected chi connectivity index (χ0v) is 18.4. The van der Waals surface area contributed by atoms with E-state index in [1.54, 1.807) is 0 Å². The second kappa shape index (κ2) is 12.1. The van der Waals surface area contributed by atoms with Crippen molar-refractivity contribution in [3.8, 4) is 5.75 Å². The summed E-state index contributed by atoms with van der Waals surface area (Å²) < 4.78 is 11.5. The quantitative estimate of drug-likeness (QED) is 0.573. The van der Waals surface area contributed by atoms with E-state index in [0.717, 1.165) is 38.5 Å². The van der Waals surface area contributed by atoms with Crippen molar-refractivity contribution in [2.45, 2.75) is 32.4 Å². The van der Waals surface area contributed by atoms with Crippen LogP contribution < -0.4 is 4.74 Å². The maximum Gasteiger partial charge on any atom is 0.122 e. The van der Waals surface area contributed by atoms with Gasteiger partial charge >= 0.3 is 0 Å². The number of rotatable bonds is 11. The van der Waals surface area contributed by atoms with Gasteiger partial charge < -0.3 is 14.6 Å². The molecule has 2 aromatic carbocycles. The average molecular weight is 413 g/mol. The summed E-state index contributed by atoms with van der Waals surface area (Å²) in [7, 11) is 0. The van der Waals surface area contributed by atoms with Gasteiger partial charge in [-0.1, -0.05) is 62.4 Å². The lowest BCUT2D eigenvalue weighted by Gasteiger charge is -2.35. The Balaban J connectivity index is 1.27. The van der Waals surface area contributed by atoms with Gasteiger partial charge in [0.05, 0.1) is 19.3 Å². The zero-order valence-electron chi connectivity index (χ0n) is 18.4. The van der Waals surface area contributed by atoms with Gasteiger partial charge in [-0.15, -0.1) is 0 Å². The van der Waals surface area contributed by atoms with E-state index in [0.29, 0.717) is 32.3 Å². The number of β-amino-alcohol motifs (C(OH)–C–C–N with tert-alkyl or cyclic N) is 1. The van der Waals surface area contributed by atoms with Gasteiger partial charge in [0.2, 0.25) is 0 Å². The molecule has 0 saturated carbocycles. The lowest BCUT2D eigenvalue weighted by molar-refractivity contribution is -0.000507. The van der Waals surface area contributed by atoms with E-state index in [2.05, 4.69) is 60.0 Å². The van der Waals surface area contributed by atoms with Crippen molar-refractivity contribution in [3.63, 3.8) is 0 Å². The number of para-hydroxylation sites is 1. The monoisotopic (exact) mass is 412 g/mol. The number of ether oxygens (including phenoxy) is 2. The van der Waals surface area contributed by atoms with Crippen LogP contribution in [0.25, 0.3) is 0 Å². The fraction of sp³-hybridized carbons (Fsp3) is 0.520. The third-order valence-electron chi connectivity index (χ3n) is 5.52. The molecular weight excluding hydrogens is 376 g/mol. The van der Waals surface area contributed by atoms with E-state index in [1.807, 2.05) is 18.2 Å². The molecule has 1 saturated heterocycles. The summed E-state index contributed by atoms with van der Waals surface area (Å²) >= 11 is 0. The molecule has 0 bridgehead atoms. The number of benzene rings is 2. The Morgan fingerprint density at radius 3 is 2.27 bits per heavy atom. The third kappa shape index (κ3) is 7.40. The van der Waals surface area contributed by atoms with Gasteiger partial charge in [-0.3, -0.25) is 9.80 Å². The van der Waals surface area contributed by atoms with E-state index in [-0.39, 0.29) is 0 Å². The topological polar surface area (TPSA) is 45.2 Å². The molecule has 2 aromatic rings. The Hall–Kier alpha value is -1.92. The fourth-order valence-electron chi connectivity index (χ4n) is 3.84. The Morgan fingerprint density at radius 1 is 0.867 bits per heavy atom. The standard InChI is InChI=1S/C25H36N2O3/c1-21(2)24-10-6-7-11-25(24)30-17-16-29-20-23(28)19-27-14-12-26(13-15-27)18-22-8-4-3-5-9-22/h3-11,21,23,28H,12-20H2,1-2H3/t23-/m1/s1. The fourth-order valence-corrected chi connectivity index (χ4v) is 3.84. The maximum absolute atomic E-state index is 10.3. The van der Waals surface area contributed by atoms with Crippen LogP contribution in [0, 0.1) is 0 Å². The van der Waals surface area contributed by atoms with Crippen molar-refractivity contribution in [2.24, 2.45) is 0 Å². The Labute approximate surface area is 181 Å². The first-order valence-electron chi connectivity index (χ1n) is 11.1. The number of piperazine rings is 1. The highest BCUT2D eigenvalue weighted by Gasteiger charge is 2.19. The summed E-state index contributed by atoms with van der Waals surface area (Å²) in [5.74, 6) is 1.35. The molecule has 1 fully saturated rings. The second-order valence-corrected chi connectivity index (χ2v) is 8.33. The van der Waals surface area contributed by atoms with Gasteiger partial charge in [-0.25, -0.2) is 0 Å². The number of nitrogens with zero attached hydrogens (tertiary/aromatic N) is 2. The van der Waals surface area contributed by atoms with Crippen LogP contribution in [0.4, 0.5) is 0 Å². The molecular formula is C25H36N2O3. The Morgan fingerprint density at radius 2 is 1.53 bits per heavy atom. The smallest absolute Gasteiger partial charge is 0.122 e. The van der Waals surface area contributed by atoms with Gasteiger partial charge in [0, 0.05) is 39.3 Å². The summed E-state index contributed by atoms with van der Waals surface area (Å²) in [6.45, 7) is 11.3. The SMILES string of the molecule is CC(C)c1ccccc1OCCOC[C@H](O)CN1CCN(Cc2ccccc2)CC1. The minimum absolute atomic E-state index is 0.347. The Kier molecular flexibility index (Phi) is 9.15. The number of aliphatic hydroxyl groups is 1. The predicted octanol–water partition coefficient (Wildman–Crippen LogP) is 3.38. The van der Waals surface area contributed by atoms with Crippen molar-refractivity contribution >= 4 is 0 Å². The predicted molar refractivity (Wildman–Crippen MR) is 121 cm³/mol. The van der Waals surface area contributed by atoms with Crippen molar-refractivity contribution in [1.82, 2.24) is 9.80 Å². The van der Waals surface area contributed by atoms with E-state index in [1.165, 1.54) is 11.1 Å². The van der Waals surface area contributed by atoms with Crippen molar-refractivity contribution in [1.29, 1.82) is 0 Å². The summed E-state index contributed by atoms with van der Waals surface area (Å²) in [4.78, 5) is 4.80. The first kappa shape index (κ1) is 22.8. The normalized spacial score (nSPS) is 16.7. The molecule has 0 aromatic heterocycles. The molecule has 3 rings (SSSR count). The minimum Gasteiger partial charge on any atom is -0.491 e. The van der Waals surface area contributed by atoms with Crippen molar-refractivity contribution < 1.29 is 14.6 Å². The highest BCUT2D eigenvalue weighted by atomic mass is 16.5. The summed E-state index contributed by atoms with van der Waals surface area (Å²) in [6, 6.07) is 18.7. The van der Waals surface area contributed by atoms with Crippen LogP contribution in [-0.2, 0) is 11.3 Å². The van der Waals surface area contributed by atoms with Crippen LogP contribution in [0.15, 0.2) is 54.6 Å². The van der Waals surface area contributed by atoms with E-state index in [9.17, 15) is 5.11 Å². The molecule has 0 amide bonds. The van der Waals surface area contributed by atoms with Crippen LogP contribution in [0.5, 0.6) is 5.75 Å². The Bertz CT molecular complexity index is 730. The highest BCUT2D eigenvalue weighted by molar-refractivity contribution is 5.35. The zero-order chi connectivity index (χ0) is 21.2. The molecule has 5 nitrogen and oxygen atoms in total. The average Bonchev–Trinajstić information content (AvgIpc) is 2.76. The van der Waals surface area contributed by atoms with E-state index in [4.69, 9.17) is 9.47 Å². The molecule has 1 N–H and O–H groups in total. The minimum atomic E-state index is -0.464. The van der Waals surface area contributed by atoms with Gasteiger partial charge in [-0.05, 0) is 23.1 Å². The number of hydrogen-bond donors (Lipinski definition) is 1. The molecule has 0 aliphatic carbocycles. The van der Waals surface area contributed by atoms with Crippen LogP contribution >= 0.6 is 0 Å².